The van der Waals surface area contributed by atoms with Crippen molar-refractivity contribution in [2.24, 2.45) is 0 Å². The molecular formula is C64H121NO8. The van der Waals surface area contributed by atoms with Crippen LogP contribution in [0.15, 0.2) is 36.5 Å². The van der Waals surface area contributed by atoms with Crippen molar-refractivity contribution in [3.63, 3.8) is 0 Å². The first-order valence-corrected chi connectivity index (χ1v) is 31.7. The standard InChI is InChI=1S/C64H121NO8/c1-3-5-7-9-11-13-14-15-16-17-18-19-20-21-22-23-24-25-26-27-28-29-30-31-32-33-34-35-36-37-38-39-40-41-42-43-44-46-48-50-52-54-60(68)65-57(58(67)53-51-49-47-45-12-10-8-6-4-2)56-72-64-63(71)62(70)61(69)59(55-66)73-64/h14-15,17-18,20-21,57-59,61-64,66-67,69-71H,3-13,16,19,22-56H2,1-2H3,(H,65,68)/b15-14-,18-17-,21-20-. The molecule has 1 heterocycles. The molecule has 1 fully saturated rings. The summed E-state index contributed by atoms with van der Waals surface area (Å²) < 4.78 is 11.3. The van der Waals surface area contributed by atoms with Crippen LogP contribution >= 0.6 is 0 Å². The molecule has 1 saturated heterocycles. The van der Waals surface area contributed by atoms with E-state index in [9.17, 15) is 30.3 Å². The van der Waals surface area contributed by atoms with Gasteiger partial charge in [0.05, 0.1) is 25.4 Å². The summed E-state index contributed by atoms with van der Waals surface area (Å²) in [5.41, 5.74) is 0. The predicted octanol–water partition coefficient (Wildman–Crippen LogP) is 16.3. The second kappa shape index (κ2) is 53.8. The first-order valence-electron chi connectivity index (χ1n) is 31.7. The van der Waals surface area contributed by atoms with E-state index in [2.05, 4.69) is 55.6 Å². The Balaban J connectivity index is 1.96. The van der Waals surface area contributed by atoms with Gasteiger partial charge in [-0.2, -0.15) is 0 Å². The average Bonchev–Trinajstić information content (AvgIpc) is 3.39. The second-order valence-corrected chi connectivity index (χ2v) is 22.2. The molecule has 0 bridgehead atoms. The number of rotatable bonds is 55. The molecule has 7 atom stereocenters. The molecule has 0 saturated carbocycles. The van der Waals surface area contributed by atoms with Crippen molar-refractivity contribution >= 4 is 5.91 Å². The fourth-order valence-electron chi connectivity index (χ4n) is 10.2. The van der Waals surface area contributed by atoms with E-state index >= 15 is 0 Å². The van der Waals surface area contributed by atoms with Gasteiger partial charge in [0.25, 0.3) is 0 Å². The van der Waals surface area contributed by atoms with Gasteiger partial charge in [-0.15, -0.1) is 0 Å². The zero-order chi connectivity index (χ0) is 52.9. The third-order valence-corrected chi connectivity index (χ3v) is 15.2. The first kappa shape index (κ1) is 69.4. The maximum absolute atomic E-state index is 13.0. The molecule has 6 N–H and O–H groups in total. The Morgan fingerprint density at radius 3 is 1.19 bits per heavy atom. The number of ether oxygens (including phenoxy) is 2. The number of allylic oxidation sites excluding steroid dienone is 6. The van der Waals surface area contributed by atoms with Crippen molar-refractivity contribution in [2.45, 2.75) is 352 Å². The Labute approximate surface area is 451 Å². The number of unbranched alkanes of at least 4 members (excludes halogenated alkanes) is 39. The monoisotopic (exact) mass is 1030 g/mol. The van der Waals surface area contributed by atoms with E-state index in [1.54, 1.807) is 0 Å². The van der Waals surface area contributed by atoms with E-state index < -0.39 is 49.5 Å². The Morgan fingerprint density at radius 2 is 0.808 bits per heavy atom. The number of hydrogen-bond donors (Lipinski definition) is 6. The Hall–Kier alpha value is -1.59. The van der Waals surface area contributed by atoms with Crippen LogP contribution in [0.3, 0.4) is 0 Å². The Morgan fingerprint density at radius 1 is 0.466 bits per heavy atom. The maximum atomic E-state index is 13.0. The summed E-state index contributed by atoms with van der Waals surface area (Å²) in [5, 5.41) is 54.4. The highest BCUT2D eigenvalue weighted by atomic mass is 16.7. The summed E-state index contributed by atoms with van der Waals surface area (Å²) >= 11 is 0. The molecular weight excluding hydrogens is 911 g/mol. The van der Waals surface area contributed by atoms with E-state index in [4.69, 9.17) is 9.47 Å². The zero-order valence-electron chi connectivity index (χ0n) is 47.9. The molecule has 1 aliphatic rings. The van der Waals surface area contributed by atoms with Gasteiger partial charge in [-0.1, -0.05) is 288 Å². The van der Waals surface area contributed by atoms with Crippen LogP contribution in [0.1, 0.15) is 309 Å². The van der Waals surface area contributed by atoms with Crippen molar-refractivity contribution in [1.29, 1.82) is 0 Å². The van der Waals surface area contributed by atoms with Crippen molar-refractivity contribution in [3.8, 4) is 0 Å². The van der Waals surface area contributed by atoms with Crippen molar-refractivity contribution in [2.75, 3.05) is 13.2 Å². The Bertz CT molecular complexity index is 1240. The molecule has 73 heavy (non-hydrogen) atoms. The summed E-state index contributed by atoms with van der Waals surface area (Å²) in [6.45, 7) is 3.82. The lowest BCUT2D eigenvalue weighted by Crippen LogP contribution is -2.60. The lowest BCUT2D eigenvalue weighted by Gasteiger charge is -2.40. The molecule has 9 heteroatoms. The number of carbonyl (C=O) groups is 1. The van der Waals surface area contributed by atoms with Gasteiger partial charge in [0, 0.05) is 6.42 Å². The quantitative estimate of drug-likeness (QED) is 0.0261. The van der Waals surface area contributed by atoms with Crippen molar-refractivity contribution in [3.05, 3.63) is 36.5 Å². The van der Waals surface area contributed by atoms with Crippen LogP contribution < -0.4 is 5.32 Å². The van der Waals surface area contributed by atoms with E-state index in [1.807, 2.05) is 0 Å². The van der Waals surface area contributed by atoms with Crippen molar-refractivity contribution in [1.82, 2.24) is 5.32 Å². The predicted molar refractivity (Wildman–Crippen MR) is 309 cm³/mol. The fraction of sp³-hybridized carbons (Fsp3) is 0.891. The Kier molecular flexibility index (Phi) is 51.2. The SMILES string of the molecule is CCCCCCC/C=C\C/C=C\C/C=C\CCCCCCCCCCCCCCCCCCCCCCCCCCCCC(=O)NC(COC1OC(CO)C(O)C(O)C1O)C(O)CCCCCCCCCCC. The topological polar surface area (TPSA) is 149 Å². The molecule has 7 unspecified atom stereocenters. The van der Waals surface area contributed by atoms with Crippen LogP contribution in [-0.2, 0) is 14.3 Å². The fourth-order valence-corrected chi connectivity index (χ4v) is 10.2. The third kappa shape index (κ3) is 43.1. The molecule has 9 nitrogen and oxygen atoms in total. The molecule has 1 amide bonds. The minimum absolute atomic E-state index is 0.134. The van der Waals surface area contributed by atoms with Gasteiger partial charge < -0.3 is 40.3 Å². The van der Waals surface area contributed by atoms with Gasteiger partial charge in [-0.25, -0.2) is 0 Å². The lowest BCUT2D eigenvalue weighted by molar-refractivity contribution is -0.302. The number of hydrogen-bond acceptors (Lipinski definition) is 8. The summed E-state index contributed by atoms with van der Waals surface area (Å²) in [7, 11) is 0. The van der Waals surface area contributed by atoms with Crippen LogP contribution in [0, 0.1) is 0 Å². The van der Waals surface area contributed by atoms with Gasteiger partial charge in [0.1, 0.15) is 24.4 Å². The van der Waals surface area contributed by atoms with Gasteiger partial charge in [-0.3, -0.25) is 4.79 Å². The lowest BCUT2D eigenvalue weighted by atomic mass is 9.99. The van der Waals surface area contributed by atoms with Gasteiger partial charge in [0.15, 0.2) is 6.29 Å². The van der Waals surface area contributed by atoms with Gasteiger partial charge in [-0.05, 0) is 51.4 Å². The van der Waals surface area contributed by atoms with Crippen LogP contribution in [0.25, 0.3) is 0 Å². The summed E-state index contributed by atoms with van der Waals surface area (Å²) in [6, 6.07) is -0.714. The highest BCUT2D eigenvalue weighted by Crippen LogP contribution is 2.23. The number of aliphatic hydroxyl groups is 5. The molecule has 1 aliphatic heterocycles. The average molecular weight is 1030 g/mol. The number of nitrogens with one attached hydrogen (secondary N) is 1. The highest BCUT2D eigenvalue weighted by Gasteiger charge is 2.44. The molecule has 0 aromatic rings. The summed E-state index contributed by atoms with van der Waals surface area (Å²) in [4.78, 5) is 13.0. The van der Waals surface area contributed by atoms with Crippen LogP contribution in [0.5, 0.6) is 0 Å². The van der Waals surface area contributed by atoms with Crippen molar-refractivity contribution < 1.29 is 39.8 Å². The van der Waals surface area contributed by atoms with E-state index in [0.29, 0.717) is 12.8 Å². The van der Waals surface area contributed by atoms with Crippen LogP contribution in [0.4, 0.5) is 0 Å². The molecule has 0 aromatic carbocycles. The molecule has 430 valence electrons. The van der Waals surface area contributed by atoms with Crippen LogP contribution in [0.2, 0.25) is 0 Å². The molecule has 0 aromatic heterocycles. The largest absolute Gasteiger partial charge is 0.394 e. The van der Waals surface area contributed by atoms with Gasteiger partial charge >= 0.3 is 0 Å². The third-order valence-electron chi connectivity index (χ3n) is 15.2. The van der Waals surface area contributed by atoms with E-state index in [0.717, 1.165) is 51.4 Å². The first-order chi connectivity index (χ1) is 35.8. The molecule has 0 spiro atoms. The number of amides is 1. The number of carbonyl (C=O) groups excluding carboxylic acids is 1. The smallest absolute Gasteiger partial charge is 0.220 e. The molecule has 1 rings (SSSR count). The summed E-state index contributed by atoms with van der Waals surface area (Å²) in [5.74, 6) is -0.141. The van der Waals surface area contributed by atoms with Crippen LogP contribution in [-0.4, -0.2) is 87.5 Å². The van der Waals surface area contributed by atoms with E-state index in [-0.39, 0.29) is 12.5 Å². The second-order valence-electron chi connectivity index (χ2n) is 22.2. The maximum Gasteiger partial charge on any atom is 0.220 e. The number of aliphatic hydroxyl groups excluding tert-OH is 5. The molecule has 0 radical (unpaired) electrons. The highest BCUT2D eigenvalue weighted by molar-refractivity contribution is 5.76. The van der Waals surface area contributed by atoms with Gasteiger partial charge in [0.2, 0.25) is 5.91 Å². The normalized spacial score (nSPS) is 19.2. The summed E-state index contributed by atoms with van der Waals surface area (Å²) in [6.07, 6.45) is 63.8. The minimum Gasteiger partial charge on any atom is -0.394 e. The van der Waals surface area contributed by atoms with E-state index in [1.165, 1.54) is 231 Å². The molecule has 0 aliphatic carbocycles. The minimum atomic E-state index is -1.55. The zero-order valence-corrected chi connectivity index (χ0v) is 47.9.